The summed E-state index contributed by atoms with van der Waals surface area (Å²) in [6, 6.07) is 22.1. The third-order valence-corrected chi connectivity index (χ3v) is 14.1. The van der Waals surface area contributed by atoms with Gasteiger partial charge in [0.1, 0.15) is 18.1 Å². The van der Waals surface area contributed by atoms with Crippen molar-refractivity contribution < 1.29 is 33.5 Å². The Morgan fingerprint density at radius 3 is 2.35 bits per heavy atom. The number of piperidine rings is 2. The number of aromatic nitrogens is 4. The molecule has 6 amide bonds. The summed E-state index contributed by atoms with van der Waals surface area (Å²) in [5, 5.41) is 8.81. The van der Waals surface area contributed by atoms with E-state index in [4.69, 9.17) is 4.74 Å². The molecule has 352 valence electrons. The standard InChI is InChI=1S/C50H55N11O7/c62-41-16-15-39(48(65)56-41)61-49(66)38-9-4-10-40(44(38)50(61)67)68-29-43(64)59-20-17-32(18-21-59)8-5-19-57-22-24-58(25-23-57)36-13-11-34(12-14-36)55-46-45-47(52-30-51-46)60(31-53-45)37-27-35(28-37)54-42(63)26-33-6-2-1-3-7-33/h1-4,6-7,9-14,30-32,35,37,39H,5,8,15-29H2,(H,54,63)(H,51,52,55)(H,56,62,65). The molecule has 0 bridgehead atoms. The molecule has 1 atom stereocenters. The molecule has 10 rings (SSSR count). The summed E-state index contributed by atoms with van der Waals surface area (Å²) in [7, 11) is 0. The van der Waals surface area contributed by atoms with Crippen LogP contribution >= 0.6 is 0 Å². The van der Waals surface area contributed by atoms with E-state index in [0.717, 1.165) is 93.0 Å². The quantitative estimate of drug-likeness (QED) is 0.126. The molecule has 18 heteroatoms. The highest BCUT2D eigenvalue weighted by Crippen LogP contribution is 2.36. The van der Waals surface area contributed by atoms with E-state index in [1.165, 1.54) is 11.8 Å². The molecular formula is C50H55N11O7. The summed E-state index contributed by atoms with van der Waals surface area (Å²) in [5.41, 5.74) is 4.74. The highest BCUT2D eigenvalue weighted by molar-refractivity contribution is 6.24. The Hall–Kier alpha value is -7.21. The van der Waals surface area contributed by atoms with Crippen LogP contribution in [0.5, 0.6) is 5.75 Å². The summed E-state index contributed by atoms with van der Waals surface area (Å²) < 4.78 is 7.95. The van der Waals surface area contributed by atoms with Crippen LogP contribution < -0.4 is 25.6 Å². The third kappa shape index (κ3) is 9.50. The second kappa shape index (κ2) is 19.6. The van der Waals surface area contributed by atoms with Gasteiger partial charge < -0.3 is 29.7 Å². The number of carbonyl (C=O) groups excluding carboxylic acids is 6. The minimum atomic E-state index is -1.08. The fourth-order valence-electron chi connectivity index (χ4n) is 10.2. The smallest absolute Gasteiger partial charge is 0.266 e. The van der Waals surface area contributed by atoms with Crippen molar-refractivity contribution in [2.24, 2.45) is 5.92 Å². The summed E-state index contributed by atoms with van der Waals surface area (Å²) in [5.74, 6) is -1.22. The van der Waals surface area contributed by atoms with Gasteiger partial charge in [-0.05, 0) is 99.4 Å². The lowest BCUT2D eigenvalue weighted by Gasteiger charge is -2.37. The number of piperazine rings is 1. The first-order valence-corrected chi connectivity index (χ1v) is 23.8. The highest BCUT2D eigenvalue weighted by Gasteiger charge is 2.46. The molecule has 5 aliphatic rings. The Bertz CT molecular complexity index is 2710. The van der Waals surface area contributed by atoms with Crippen molar-refractivity contribution >= 4 is 63.8 Å². The maximum Gasteiger partial charge on any atom is 0.266 e. The molecule has 3 saturated heterocycles. The van der Waals surface area contributed by atoms with Gasteiger partial charge in [0.05, 0.1) is 23.9 Å². The number of benzene rings is 3. The zero-order valence-electron chi connectivity index (χ0n) is 37.8. The number of imidazole rings is 1. The van der Waals surface area contributed by atoms with Gasteiger partial charge in [-0.3, -0.25) is 43.9 Å². The Labute approximate surface area is 393 Å². The van der Waals surface area contributed by atoms with E-state index in [2.05, 4.69) is 69.5 Å². The zero-order chi connectivity index (χ0) is 46.7. The van der Waals surface area contributed by atoms with Crippen molar-refractivity contribution in [3.05, 3.63) is 102 Å². The van der Waals surface area contributed by atoms with Gasteiger partial charge in [0, 0.05) is 69.1 Å². The SMILES string of the molecule is O=C1CCC(N2C(=O)c3cccc(OCC(=O)N4CCC(CCCN5CCN(c6ccc(Nc7ncnc8c7ncn8C7CC(NC(=O)Cc8ccccc8)C7)cc6)CC5)CC4)c3C2=O)C(=O)N1. The van der Waals surface area contributed by atoms with Gasteiger partial charge in [-0.15, -0.1) is 0 Å². The first-order chi connectivity index (χ1) is 33.1. The molecule has 6 heterocycles. The van der Waals surface area contributed by atoms with Gasteiger partial charge in [0.25, 0.3) is 17.7 Å². The number of hydrogen-bond acceptors (Lipinski definition) is 13. The van der Waals surface area contributed by atoms with Crippen molar-refractivity contribution in [1.29, 1.82) is 0 Å². The van der Waals surface area contributed by atoms with Gasteiger partial charge in [-0.25, -0.2) is 15.0 Å². The van der Waals surface area contributed by atoms with E-state index in [1.807, 2.05) is 36.7 Å². The average molecular weight is 922 g/mol. The van der Waals surface area contributed by atoms with Crippen molar-refractivity contribution in [3.63, 3.8) is 0 Å². The van der Waals surface area contributed by atoms with Crippen molar-refractivity contribution in [1.82, 2.24) is 44.9 Å². The molecular weight excluding hydrogens is 867 g/mol. The van der Waals surface area contributed by atoms with E-state index in [1.54, 1.807) is 23.4 Å². The minimum Gasteiger partial charge on any atom is -0.483 e. The lowest BCUT2D eigenvalue weighted by Crippen LogP contribution is -2.54. The van der Waals surface area contributed by atoms with Crippen LogP contribution in [0.4, 0.5) is 17.2 Å². The summed E-state index contributed by atoms with van der Waals surface area (Å²) in [6.07, 6.45) is 9.57. The van der Waals surface area contributed by atoms with Crippen LogP contribution in [0.2, 0.25) is 0 Å². The topological polar surface area (TPSA) is 204 Å². The number of amides is 6. The number of imide groups is 2. The number of anilines is 3. The zero-order valence-corrected chi connectivity index (χ0v) is 37.8. The van der Waals surface area contributed by atoms with Crippen LogP contribution in [0.1, 0.15) is 83.7 Å². The molecule has 4 aliphatic heterocycles. The number of nitrogens with one attached hydrogen (secondary N) is 3. The van der Waals surface area contributed by atoms with E-state index < -0.39 is 29.7 Å². The lowest BCUT2D eigenvalue weighted by atomic mass is 9.86. The third-order valence-electron chi connectivity index (χ3n) is 14.1. The van der Waals surface area contributed by atoms with Gasteiger partial charge in [0.2, 0.25) is 17.7 Å². The molecule has 3 N–H and O–H groups in total. The molecule has 0 radical (unpaired) electrons. The molecule has 1 unspecified atom stereocenters. The van der Waals surface area contributed by atoms with Crippen LogP contribution in [-0.2, 0) is 25.6 Å². The molecule has 3 aromatic carbocycles. The number of nitrogens with zero attached hydrogens (tertiary/aromatic N) is 8. The van der Waals surface area contributed by atoms with Crippen molar-refractivity contribution in [2.75, 3.05) is 62.6 Å². The molecule has 2 aromatic heterocycles. The monoisotopic (exact) mass is 921 g/mol. The van der Waals surface area contributed by atoms with Crippen LogP contribution in [0, 0.1) is 5.92 Å². The van der Waals surface area contributed by atoms with E-state index in [-0.39, 0.29) is 60.2 Å². The summed E-state index contributed by atoms with van der Waals surface area (Å²) >= 11 is 0. The largest absolute Gasteiger partial charge is 0.483 e. The van der Waals surface area contributed by atoms with Crippen LogP contribution in [-0.4, -0.2) is 134 Å². The van der Waals surface area contributed by atoms with E-state index in [9.17, 15) is 28.8 Å². The normalized spacial score (nSPS) is 21.1. The Morgan fingerprint density at radius 2 is 1.59 bits per heavy atom. The van der Waals surface area contributed by atoms with Crippen LogP contribution in [0.25, 0.3) is 11.2 Å². The lowest BCUT2D eigenvalue weighted by molar-refractivity contribution is -0.136. The first-order valence-electron chi connectivity index (χ1n) is 23.8. The molecule has 5 aromatic rings. The second-order valence-electron chi connectivity index (χ2n) is 18.5. The van der Waals surface area contributed by atoms with Gasteiger partial charge >= 0.3 is 0 Å². The molecule has 0 spiro atoms. The Kier molecular flexibility index (Phi) is 12.8. The highest BCUT2D eigenvalue weighted by atomic mass is 16.5. The van der Waals surface area contributed by atoms with Crippen LogP contribution in [0.3, 0.4) is 0 Å². The second-order valence-corrected chi connectivity index (χ2v) is 18.5. The number of rotatable bonds is 15. The molecule has 4 fully saturated rings. The summed E-state index contributed by atoms with van der Waals surface area (Å²) in [6.45, 7) is 5.95. The van der Waals surface area contributed by atoms with Crippen LogP contribution in [0.15, 0.2) is 85.5 Å². The van der Waals surface area contributed by atoms with Gasteiger partial charge in [-0.1, -0.05) is 36.4 Å². The maximum absolute atomic E-state index is 13.4. The predicted molar refractivity (Wildman–Crippen MR) is 251 cm³/mol. The Morgan fingerprint density at radius 1 is 0.809 bits per heavy atom. The number of carbonyl (C=O) groups is 6. The number of hydrogen-bond donors (Lipinski definition) is 3. The fraction of sp³-hybridized carbons (Fsp3) is 0.420. The minimum absolute atomic E-state index is 0.0311. The molecule has 18 nitrogen and oxygen atoms in total. The Balaban J connectivity index is 0.624. The van der Waals surface area contributed by atoms with E-state index >= 15 is 0 Å². The average Bonchev–Trinajstić information content (AvgIpc) is 3.88. The van der Waals surface area contributed by atoms with Crippen molar-refractivity contribution in [3.8, 4) is 5.75 Å². The van der Waals surface area contributed by atoms with Crippen molar-refractivity contribution in [2.45, 2.75) is 75.9 Å². The summed E-state index contributed by atoms with van der Waals surface area (Å²) in [4.78, 5) is 97.9. The fourth-order valence-corrected chi connectivity index (χ4v) is 10.2. The first kappa shape index (κ1) is 44.6. The number of fused-ring (bicyclic) bond motifs is 2. The number of likely N-dealkylation sites (tertiary alicyclic amines) is 1. The number of ether oxygens (including phenoxy) is 1. The predicted octanol–water partition coefficient (Wildman–Crippen LogP) is 4.25. The van der Waals surface area contributed by atoms with E-state index in [0.29, 0.717) is 36.8 Å². The van der Waals surface area contributed by atoms with Gasteiger partial charge in [0.15, 0.2) is 23.6 Å². The molecule has 1 saturated carbocycles. The molecule has 1 aliphatic carbocycles. The maximum atomic E-state index is 13.4. The molecule has 68 heavy (non-hydrogen) atoms. The van der Waals surface area contributed by atoms with Gasteiger partial charge in [-0.2, -0.15) is 0 Å².